The Labute approximate surface area is 177 Å². The molecule has 162 valence electrons. The van der Waals surface area contributed by atoms with Crippen LogP contribution in [-0.2, 0) is 16.0 Å². The molecule has 0 spiro atoms. The molecule has 4 rings (SSSR count). The molecular formula is C21H31N7O2. The van der Waals surface area contributed by atoms with Crippen molar-refractivity contribution >= 4 is 11.9 Å². The molecule has 2 aliphatic heterocycles. The van der Waals surface area contributed by atoms with Gasteiger partial charge in [-0.2, -0.15) is 15.0 Å². The molecule has 0 atom stereocenters. The number of rotatable bonds is 8. The molecule has 0 bridgehead atoms. The fraction of sp³-hybridized carbons (Fsp3) is 0.571. The van der Waals surface area contributed by atoms with Crippen LogP contribution >= 0.6 is 0 Å². The highest BCUT2D eigenvalue weighted by molar-refractivity contribution is 5.59. The van der Waals surface area contributed by atoms with E-state index >= 15 is 0 Å². The smallest absolute Gasteiger partial charge is 0.230 e. The molecule has 3 heterocycles. The Morgan fingerprint density at radius 1 is 0.867 bits per heavy atom. The standard InChI is InChI=1S/C21H31N7O2/c1-22-5-6-23-16-17-3-2-4-18(15-17)19-24-20(27-7-11-29-12-8-27)26-21(25-19)28-9-13-30-14-10-28/h2-4,15,22-23H,5-14,16H2,1H3. The minimum absolute atomic E-state index is 0.696. The van der Waals surface area contributed by atoms with Crippen LogP contribution < -0.4 is 20.4 Å². The first-order valence-electron chi connectivity index (χ1n) is 10.7. The highest BCUT2D eigenvalue weighted by Crippen LogP contribution is 2.23. The molecule has 2 saturated heterocycles. The molecule has 1 aromatic heterocycles. The third kappa shape index (κ3) is 5.42. The van der Waals surface area contributed by atoms with Crippen LogP contribution in [0.1, 0.15) is 5.56 Å². The maximum Gasteiger partial charge on any atom is 0.230 e. The van der Waals surface area contributed by atoms with Gasteiger partial charge in [-0.1, -0.05) is 18.2 Å². The van der Waals surface area contributed by atoms with Crippen molar-refractivity contribution in [2.45, 2.75) is 6.54 Å². The van der Waals surface area contributed by atoms with Crippen LogP contribution in [0.3, 0.4) is 0 Å². The van der Waals surface area contributed by atoms with Gasteiger partial charge in [0.2, 0.25) is 11.9 Å². The normalized spacial score (nSPS) is 17.4. The van der Waals surface area contributed by atoms with Crippen LogP contribution in [0.5, 0.6) is 0 Å². The third-order valence-electron chi connectivity index (χ3n) is 5.27. The monoisotopic (exact) mass is 413 g/mol. The molecule has 9 heteroatoms. The van der Waals surface area contributed by atoms with Crippen LogP contribution in [0.2, 0.25) is 0 Å². The molecule has 2 fully saturated rings. The largest absolute Gasteiger partial charge is 0.378 e. The van der Waals surface area contributed by atoms with E-state index in [9.17, 15) is 0 Å². The van der Waals surface area contributed by atoms with E-state index in [-0.39, 0.29) is 0 Å². The lowest BCUT2D eigenvalue weighted by atomic mass is 10.1. The van der Waals surface area contributed by atoms with Gasteiger partial charge in [-0.25, -0.2) is 0 Å². The highest BCUT2D eigenvalue weighted by Gasteiger charge is 2.21. The van der Waals surface area contributed by atoms with Gasteiger partial charge in [0.25, 0.3) is 0 Å². The number of hydrogen-bond donors (Lipinski definition) is 2. The summed E-state index contributed by atoms with van der Waals surface area (Å²) in [5.74, 6) is 2.16. The molecule has 0 aliphatic carbocycles. The molecule has 9 nitrogen and oxygen atoms in total. The second kappa shape index (κ2) is 10.6. The number of aromatic nitrogens is 3. The minimum Gasteiger partial charge on any atom is -0.378 e. The summed E-state index contributed by atoms with van der Waals surface area (Å²) in [7, 11) is 1.96. The third-order valence-corrected chi connectivity index (χ3v) is 5.27. The second-order valence-electron chi connectivity index (χ2n) is 7.44. The first kappa shape index (κ1) is 20.9. The predicted molar refractivity (Wildman–Crippen MR) is 117 cm³/mol. The maximum atomic E-state index is 5.50. The van der Waals surface area contributed by atoms with Gasteiger partial charge in [0.15, 0.2) is 5.82 Å². The van der Waals surface area contributed by atoms with Crippen molar-refractivity contribution in [2.75, 3.05) is 82.5 Å². The zero-order valence-electron chi connectivity index (χ0n) is 17.6. The van der Waals surface area contributed by atoms with Crippen LogP contribution in [0.15, 0.2) is 24.3 Å². The van der Waals surface area contributed by atoms with Crippen molar-refractivity contribution in [1.29, 1.82) is 0 Å². The summed E-state index contributed by atoms with van der Waals surface area (Å²) in [6.45, 7) is 8.64. The van der Waals surface area contributed by atoms with Crippen molar-refractivity contribution in [3.05, 3.63) is 29.8 Å². The number of benzene rings is 1. The molecule has 2 aromatic rings. The number of likely N-dealkylation sites (N-methyl/N-ethyl adjacent to an activating group) is 1. The Bertz CT molecular complexity index is 771. The Hall–Kier alpha value is -2.33. The maximum absolute atomic E-state index is 5.50. The quantitative estimate of drug-likeness (QED) is 0.602. The Morgan fingerprint density at radius 2 is 1.50 bits per heavy atom. The summed E-state index contributed by atoms with van der Waals surface area (Å²) < 4.78 is 11.0. The lowest BCUT2D eigenvalue weighted by molar-refractivity contribution is 0.121. The van der Waals surface area contributed by atoms with Gasteiger partial charge in [-0.3, -0.25) is 0 Å². The van der Waals surface area contributed by atoms with Crippen LogP contribution in [0.25, 0.3) is 11.4 Å². The molecule has 1 aromatic carbocycles. The first-order chi connectivity index (χ1) is 14.8. The predicted octanol–water partition coefficient (Wildman–Crippen LogP) is 0.521. The van der Waals surface area contributed by atoms with Gasteiger partial charge in [0.1, 0.15) is 0 Å². The Kier molecular flexibility index (Phi) is 7.41. The average Bonchev–Trinajstić information content (AvgIpc) is 2.83. The van der Waals surface area contributed by atoms with Crippen LogP contribution in [-0.4, -0.2) is 87.7 Å². The van der Waals surface area contributed by atoms with E-state index in [4.69, 9.17) is 24.4 Å². The first-order valence-corrected chi connectivity index (χ1v) is 10.7. The zero-order valence-corrected chi connectivity index (χ0v) is 17.6. The van der Waals surface area contributed by atoms with E-state index in [0.717, 1.165) is 63.3 Å². The van der Waals surface area contributed by atoms with E-state index < -0.39 is 0 Å². The van der Waals surface area contributed by atoms with Crippen molar-refractivity contribution in [2.24, 2.45) is 0 Å². The summed E-state index contributed by atoms with van der Waals surface area (Å²) in [6.07, 6.45) is 0. The minimum atomic E-state index is 0.696. The van der Waals surface area contributed by atoms with Crippen molar-refractivity contribution < 1.29 is 9.47 Å². The second-order valence-corrected chi connectivity index (χ2v) is 7.44. The molecule has 0 amide bonds. The van der Waals surface area contributed by atoms with Crippen molar-refractivity contribution in [3.8, 4) is 11.4 Å². The molecule has 2 aliphatic rings. The zero-order chi connectivity index (χ0) is 20.6. The van der Waals surface area contributed by atoms with E-state index in [1.54, 1.807) is 0 Å². The van der Waals surface area contributed by atoms with Gasteiger partial charge in [0, 0.05) is 51.4 Å². The summed E-state index contributed by atoms with van der Waals surface area (Å²) >= 11 is 0. The van der Waals surface area contributed by atoms with E-state index in [1.165, 1.54) is 5.56 Å². The SMILES string of the molecule is CNCCNCc1cccc(-c2nc(N3CCOCC3)nc(N3CCOCC3)n2)c1. The van der Waals surface area contributed by atoms with E-state index in [1.807, 2.05) is 7.05 Å². The summed E-state index contributed by atoms with van der Waals surface area (Å²) in [4.78, 5) is 18.8. The van der Waals surface area contributed by atoms with E-state index in [2.05, 4.69) is 44.7 Å². The Balaban J connectivity index is 1.61. The van der Waals surface area contributed by atoms with Crippen molar-refractivity contribution in [1.82, 2.24) is 25.6 Å². The molecule has 0 unspecified atom stereocenters. The fourth-order valence-electron chi connectivity index (χ4n) is 3.56. The molecule has 0 saturated carbocycles. The summed E-state index contributed by atoms with van der Waals surface area (Å²) in [5, 5.41) is 6.60. The number of ether oxygens (including phenoxy) is 2. The molecule has 2 N–H and O–H groups in total. The molecule has 30 heavy (non-hydrogen) atoms. The molecule has 0 radical (unpaired) electrons. The Morgan fingerprint density at radius 3 is 2.10 bits per heavy atom. The number of morpholine rings is 2. The number of hydrogen-bond acceptors (Lipinski definition) is 9. The highest BCUT2D eigenvalue weighted by atomic mass is 16.5. The number of anilines is 2. The van der Waals surface area contributed by atoms with Crippen LogP contribution in [0, 0.1) is 0 Å². The van der Waals surface area contributed by atoms with Gasteiger partial charge in [0.05, 0.1) is 26.4 Å². The number of nitrogens with zero attached hydrogens (tertiary/aromatic N) is 5. The lowest BCUT2D eigenvalue weighted by Crippen LogP contribution is -2.40. The van der Waals surface area contributed by atoms with Gasteiger partial charge in [-0.05, 0) is 18.7 Å². The number of nitrogens with one attached hydrogen (secondary N) is 2. The topological polar surface area (TPSA) is 87.7 Å². The lowest BCUT2D eigenvalue weighted by Gasteiger charge is -2.30. The summed E-state index contributed by atoms with van der Waals surface area (Å²) in [5.41, 5.74) is 2.22. The average molecular weight is 414 g/mol. The fourth-order valence-corrected chi connectivity index (χ4v) is 3.56. The molecular weight excluding hydrogens is 382 g/mol. The van der Waals surface area contributed by atoms with Crippen molar-refractivity contribution in [3.63, 3.8) is 0 Å². The van der Waals surface area contributed by atoms with Gasteiger partial charge < -0.3 is 29.9 Å². The van der Waals surface area contributed by atoms with Gasteiger partial charge in [-0.15, -0.1) is 0 Å². The van der Waals surface area contributed by atoms with E-state index in [0.29, 0.717) is 32.3 Å². The summed E-state index contributed by atoms with van der Waals surface area (Å²) in [6, 6.07) is 8.42. The van der Waals surface area contributed by atoms with Gasteiger partial charge >= 0.3 is 0 Å². The van der Waals surface area contributed by atoms with Crippen LogP contribution in [0.4, 0.5) is 11.9 Å².